The Labute approximate surface area is 104 Å². The number of nitrogens with one attached hydrogen (secondary N) is 3. The van der Waals surface area contributed by atoms with Gasteiger partial charge in [0.25, 0.3) is 0 Å². The zero-order chi connectivity index (χ0) is 10.7. The van der Waals surface area contributed by atoms with Crippen molar-refractivity contribution in [3.05, 3.63) is 0 Å². The van der Waals surface area contributed by atoms with Crippen LogP contribution in [-0.2, 0) is 0 Å². The first-order valence-electron chi connectivity index (χ1n) is 2.48. The molecule has 13 heavy (non-hydrogen) atoms. The fraction of sp³-hybridized carbons (Fsp3) is 0. The Morgan fingerprint density at radius 3 is 0.538 bits per heavy atom. The Morgan fingerprint density at radius 1 is 0.538 bits per heavy atom. The third kappa shape index (κ3) is 901. The molecule has 0 aliphatic carbocycles. The van der Waals surface area contributed by atoms with Crippen molar-refractivity contribution in [2.45, 2.75) is 0 Å². The minimum atomic E-state index is -0.333. The number of nitrogens with two attached hydrogens (primary N) is 6. The van der Waals surface area contributed by atoms with Crippen molar-refractivity contribution in [3.63, 3.8) is 0 Å². The van der Waals surface area contributed by atoms with E-state index in [0.29, 0.717) is 0 Å². The summed E-state index contributed by atoms with van der Waals surface area (Å²) in [7, 11) is 0. The molecule has 15 N–H and O–H groups in total. The van der Waals surface area contributed by atoms with Gasteiger partial charge in [-0.15, -0.1) is 0 Å². The molecule has 0 aliphatic heterocycles. The molecule has 0 spiro atoms. The molecule has 1 radical (unpaired) electrons. The van der Waals surface area contributed by atoms with Crippen LogP contribution < -0.4 is 34.4 Å². The second kappa shape index (κ2) is 17.2. The number of hydrogen-bond donors (Lipinski definition) is 9. The summed E-state index contributed by atoms with van der Waals surface area (Å²) in [6.45, 7) is 0. The zero-order valence-electron chi connectivity index (χ0n) is 7.04. The van der Waals surface area contributed by atoms with E-state index >= 15 is 0 Å². The van der Waals surface area contributed by atoms with E-state index in [-0.39, 0.29) is 53.5 Å². The molecular weight excluding hydrogens is 301 g/mol. The van der Waals surface area contributed by atoms with Crippen LogP contribution in [-0.4, -0.2) is 17.9 Å². The van der Waals surface area contributed by atoms with Gasteiger partial charge in [0, 0.05) is 35.6 Å². The van der Waals surface area contributed by atoms with E-state index in [4.69, 9.17) is 16.2 Å². The smallest absolute Gasteiger partial charge is 0.183 e. The van der Waals surface area contributed by atoms with E-state index in [1.165, 1.54) is 0 Å². The minimum Gasteiger partial charge on any atom is -0.370 e. The molecule has 9 nitrogen and oxygen atoms in total. The summed E-state index contributed by atoms with van der Waals surface area (Å²) in [5, 5.41) is 18.2. The van der Waals surface area contributed by atoms with Crippen molar-refractivity contribution in [3.8, 4) is 0 Å². The molecule has 0 amide bonds. The number of guanidine groups is 3. The molecule has 0 atom stereocenters. The molecule has 10 heteroatoms. The SMILES string of the molecule is N=C(N)N.N=C(N)N.N=C(N)N.[La]. The topological polar surface area (TPSA) is 228 Å². The van der Waals surface area contributed by atoms with E-state index in [2.05, 4.69) is 34.4 Å². The van der Waals surface area contributed by atoms with Gasteiger partial charge in [-0.2, -0.15) is 0 Å². The molecule has 0 bridgehead atoms. The summed E-state index contributed by atoms with van der Waals surface area (Å²) in [6.07, 6.45) is 0. The Bertz CT molecular complexity index is 112. The van der Waals surface area contributed by atoms with E-state index in [0.717, 1.165) is 0 Å². The molecule has 0 rings (SSSR count). The summed E-state index contributed by atoms with van der Waals surface area (Å²) >= 11 is 0. The maximum absolute atomic E-state index is 6.06. The van der Waals surface area contributed by atoms with Gasteiger partial charge in [0.1, 0.15) is 0 Å². The summed E-state index contributed by atoms with van der Waals surface area (Å²) < 4.78 is 0. The van der Waals surface area contributed by atoms with Gasteiger partial charge in [-0.3, -0.25) is 16.2 Å². The van der Waals surface area contributed by atoms with E-state index in [1.54, 1.807) is 0 Å². The summed E-state index contributed by atoms with van der Waals surface area (Å²) in [4.78, 5) is 0. The van der Waals surface area contributed by atoms with E-state index < -0.39 is 0 Å². The van der Waals surface area contributed by atoms with Crippen LogP contribution in [0.2, 0.25) is 0 Å². The van der Waals surface area contributed by atoms with Crippen LogP contribution in [0.15, 0.2) is 0 Å². The molecule has 0 aromatic heterocycles. The molecule has 75 valence electrons. The van der Waals surface area contributed by atoms with Gasteiger partial charge in [0.2, 0.25) is 0 Å². The molecule has 0 saturated heterocycles. The monoisotopic (exact) mass is 316 g/mol. The molecule has 0 unspecified atom stereocenters. The maximum Gasteiger partial charge on any atom is 0.183 e. The normalized spacial score (nSPS) is 5.54. The van der Waals surface area contributed by atoms with Gasteiger partial charge in [-0.25, -0.2) is 0 Å². The van der Waals surface area contributed by atoms with Crippen molar-refractivity contribution >= 4 is 17.9 Å². The second-order valence-corrected chi connectivity index (χ2v) is 1.37. The quantitative estimate of drug-likeness (QED) is 0.162. The summed E-state index contributed by atoms with van der Waals surface area (Å²) in [6, 6.07) is 0. The fourth-order valence-electron chi connectivity index (χ4n) is 0. The Kier molecular flexibility index (Phi) is 30.0. The van der Waals surface area contributed by atoms with Gasteiger partial charge < -0.3 is 34.4 Å². The van der Waals surface area contributed by atoms with Gasteiger partial charge in [0.05, 0.1) is 0 Å². The third-order valence-corrected chi connectivity index (χ3v) is 0. The first-order valence-corrected chi connectivity index (χ1v) is 2.48. The molecule has 0 aromatic carbocycles. The molecular formula is C3H15LaN9. The van der Waals surface area contributed by atoms with E-state index in [1.807, 2.05) is 0 Å². The predicted octanol–water partition coefficient (Wildman–Crippen LogP) is -3.48. The Balaban J connectivity index is -0.0000000450. The van der Waals surface area contributed by atoms with Crippen molar-refractivity contribution in [2.75, 3.05) is 0 Å². The van der Waals surface area contributed by atoms with Crippen molar-refractivity contribution in [2.24, 2.45) is 34.4 Å². The average Bonchev–Trinajstić information content (AvgIpc) is 1.54. The summed E-state index contributed by atoms with van der Waals surface area (Å²) in [5.74, 6) is -1.000. The van der Waals surface area contributed by atoms with Crippen LogP contribution >= 0.6 is 0 Å². The number of hydrogen-bond acceptors (Lipinski definition) is 3. The Morgan fingerprint density at radius 2 is 0.538 bits per heavy atom. The Hall–Kier alpha value is -0.995. The van der Waals surface area contributed by atoms with Gasteiger partial charge in [-0.05, 0) is 0 Å². The average molecular weight is 316 g/mol. The zero-order valence-corrected chi connectivity index (χ0v) is 10.7. The van der Waals surface area contributed by atoms with Crippen molar-refractivity contribution < 1.29 is 35.6 Å². The first kappa shape index (κ1) is 22.7. The maximum atomic E-state index is 6.06. The minimum absolute atomic E-state index is 0. The van der Waals surface area contributed by atoms with Crippen molar-refractivity contribution in [1.82, 2.24) is 0 Å². The van der Waals surface area contributed by atoms with Crippen LogP contribution in [0.5, 0.6) is 0 Å². The van der Waals surface area contributed by atoms with Gasteiger partial charge >= 0.3 is 0 Å². The third-order valence-electron chi connectivity index (χ3n) is 0. The van der Waals surface area contributed by atoms with Crippen LogP contribution in [0.4, 0.5) is 0 Å². The standard InChI is InChI=1S/3CH5N3.La/c3*2-1(3)4;/h3*(H5,2,3,4);. The number of rotatable bonds is 0. The molecule has 0 fully saturated rings. The second-order valence-electron chi connectivity index (χ2n) is 1.37. The largest absolute Gasteiger partial charge is 0.370 e. The van der Waals surface area contributed by atoms with Crippen LogP contribution in [0.25, 0.3) is 0 Å². The summed E-state index contributed by atoms with van der Waals surface area (Å²) in [5.41, 5.74) is 26.8. The van der Waals surface area contributed by atoms with Crippen LogP contribution in [0.3, 0.4) is 0 Å². The molecule has 0 heterocycles. The van der Waals surface area contributed by atoms with Crippen LogP contribution in [0.1, 0.15) is 0 Å². The van der Waals surface area contributed by atoms with Crippen molar-refractivity contribution in [1.29, 1.82) is 16.2 Å². The molecule has 0 aliphatic rings. The van der Waals surface area contributed by atoms with Gasteiger partial charge in [-0.1, -0.05) is 0 Å². The first-order chi connectivity index (χ1) is 5.20. The molecule has 0 aromatic rings. The fourth-order valence-corrected chi connectivity index (χ4v) is 0. The van der Waals surface area contributed by atoms with Gasteiger partial charge in [0.15, 0.2) is 17.9 Å². The molecule has 0 saturated carbocycles. The van der Waals surface area contributed by atoms with E-state index in [9.17, 15) is 0 Å². The van der Waals surface area contributed by atoms with Crippen LogP contribution in [0, 0.1) is 51.8 Å². The predicted molar refractivity (Wildman–Crippen MR) is 48.3 cm³/mol.